The van der Waals surface area contributed by atoms with Crippen LogP contribution >= 0.6 is 11.3 Å². The van der Waals surface area contributed by atoms with Gasteiger partial charge in [-0.05, 0) is 6.07 Å². The maximum atomic E-state index is 14.2. The molecule has 4 rings (SSSR count). The largest absolute Gasteiger partial charge is 0.495 e. The number of nitrogens with zero attached hydrogens (tertiary/aromatic N) is 1. The Balaban J connectivity index is 1.95. The molecule has 31 heavy (non-hydrogen) atoms. The summed E-state index contributed by atoms with van der Waals surface area (Å²) in [6.45, 7) is 3.99. The SMILES string of the molecule is COc1csc2c1C(=O)[N+](CC(=O)c1ccccc1)(CC(C)(C)CO)c1ccccc1-2. The van der Waals surface area contributed by atoms with Crippen molar-refractivity contribution in [3.8, 4) is 16.2 Å². The van der Waals surface area contributed by atoms with E-state index >= 15 is 0 Å². The van der Waals surface area contributed by atoms with Gasteiger partial charge < -0.3 is 9.84 Å². The number of hydrogen-bond acceptors (Lipinski definition) is 5. The number of methoxy groups -OCH3 is 1. The van der Waals surface area contributed by atoms with Crippen LogP contribution in [0.2, 0.25) is 0 Å². The number of rotatable bonds is 7. The van der Waals surface area contributed by atoms with Crippen LogP contribution in [0.25, 0.3) is 10.4 Å². The lowest BCUT2D eigenvalue weighted by Gasteiger charge is -2.42. The molecule has 2 aromatic carbocycles. The van der Waals surface area contributed by atoms with Crippen LogP contribution in [0.3, 0.4) is 0 Å². The number of fused-ring (bicyclic) bond motifs is 3. The summed E-state index contributed by atoms with van der Waals surface area (Å²) >= 11 is 1.47. The Labute approximate surface area is 186 Å². The van der Waals surface area contributed by atoms with E-state index in [0.717, 1.165) is 16.1 Å². The summed E-state index contributed by atoms with van der Waals surface area (Å²) in [6, 6.07) is 16.8. The first-order valence-corrected chi connectivity index (χ1v) is 11.1. The first-order chi connectivity index (χ1) is 14.8. The van der Waals surface area contributed by atoms with Crippen LogP contribution in [-0.4, -0.2) is 43.6 Å². The lowest BCUT2D eigenvalue weighted by molar-refractivity contribution is 0.0577. The minimum atomic E-state index is -0.583. The number of hydrogen-bond donors (Lipinski definition) is 1. The quantitative estimate of drug-likeness (QED) is 0.427. The van der Waals surface area contributed by atoms with Crippen molar-refractivity contribution in [1.29, 1.82) is 0 Å². The van der Waals surface area contributed by atoms with Gasteiger partial charge in [-0.15, -0.1) is 11.3 Å². The highest BCUT2D eigenvalue weighted by Gasteiger charge is 2.52. The molecule has 1 atom stereocenters. The Kier molecular flexibility index (Phi) is 5.56. The zero-order valence-electron chi connectivity index (χ0n) is 17.9. The summed E-state index contributed by atoms with van der Waals surface area (Å²) in [5, 5.41) is 11.9. The summed E-state index contributed by atoms with van der Waals surface area (Å²) in [5.41, 5.74) is 2.21. The van der Waals surface area contributed by atoms with Crippen molar-refractivity contribution in [2.75, 3.05) is 26.8 Å². The molecule has 1 aliphatic rings. The number of benzene rings is 2. The molecule has 0 aliphatic carbocycles. The zero-order valence-corrected chi connectivity index (χ0v) is 18.7. The lowest BCUT2D eigenvalue weighted by atomic mass is 9.88. The van der Waals surface area contributed by atoms with Crippen molar-refractivity contribution in [2.45, 2.75) is 13.8 Å². The van der Waals surface area contributed by atoms with E-state index < -0.39 is 5.41 Å². The third kappa shape index (κ3) is 3.61. The molecule has 1 N–H and O–H groups in total. The summed E-state index contributed by atoms with van der Waals surface area (Å²) < 4.78 is 5.34. The van der Waals surface area contributed by atoms with Gasteiger partial charge in [0.05, 0.1) is 30.7 Å². The number of carbonyl (C=O) groups is 2. The van der Waals surface area contributed by atoms with E-state index in [2.05, 4.69) is 0 Å². The number of carbonyl (C=O) groups excluding carboxylic acids is 2. The molecule has 1 amide bonds. The standard InChI is InChI=1S/C25H26NO4S/c1-25(2,16-27)15-26(13-20(28)17-9-5-4-6-10-17)19-12-8-7-11-18(19)23-22(24(26)29)21(30-3)14-31-23/h4-12,14,27H,13,15-16H2,1-3H3/q+1. The second-order valence-corrected chi connectivity index (χ2v) is 9.61. The molecule has 3 aromatic rings. The average molecular weight is 437 g/mol. The number of aliphatic hydroxyl groups excluding tert-OH is 1. The first kappa shape index (κ1) is 21.4. The van der Waals surface area contributed by atoms with Crippen LogP contribution in [0.4, 0.5) is 5.69 Å². The molecule has 0 saturated carbocycles. The van der Waals surface area contributed by atoms with Crippen LogP contribution in [0.1, 0.15) is 34.6 Å². The van der Waals surface area contributed by atoms with Gasteiger partial charge >= 0.3 is 5.91 Å². The Hall–Kier alpha value is -2.80. The second kappa shape index (κ2) is 8.04. The Morgan fingerprint density at radius 2 is 1.77 bits per heavy atom. The number of amides is 1. The summed E-state index contributed by atoms with van der Waals surface area (Å²) in [5.74, 6) is 0.240. The number of para-hydroxylation sites is 1. The molecule has 1 aliphatic heterocycles. The van der Waals surface area contributed by atoms with Crippen LogP contribution in [0.15, 0.2) is 60.0 Å². The topological polar surface area (TPSA) is 63.6 Å². The van der Waals surface area contributed by atoms with Gasteiger partial charge in [0.25, 0.3) is 0 Å². The molecule has 0 saturated heterocycles. The van der Waals surface area contributed by atoms with Gasteiger partial charge in [-0.1, -0.05) is 56.3 Å². The fourth-order valence-corrected chi connectivity index (χ4v) is 5.41. The van der Waals surface area contributed by atoms with Gasteiger partial charge in [-0.2, -0.15) is 0 Å². The molecule has 2 heterocycles. The molecular weight excluding hydrogens is 410 g/mol. The molecule has 0 spiro atoms. The fraction of sp³-hybridized carbons (Fsp3) is 0.280. The van der Waals surface area contributed by atoms with Crippen LogP contribution < -0.4 is 9.22 Å². The normalized spacial score (nSPS) is 17.7. The predicted molar refractivity (Wildman–Crippen MR) is 124 cm³/mol. The number of quaternary nitrogens is 1. The van der Waals surface area contributed by atoms with Crippen molar-refractivity contribution in [3.63, 3.8) is 0 Å². The van der Waals surface area contributed by atoms with Crippen molar-refractivity contribution in [3.05, 3.63) is 71.1 Å². The average Bonchev–Trinajstić information content (AvgIpc) is 3.22. The molecule has 1 unspecified atom stereocenters. The maximum absolute atomic E-state index is 14.2. The van der Waals surface area contributed by atoms with Gasteiger partial charge in [0.15, 0.2) is 6.54 Å². The molecule has 160 valence electrons. The third-order valence-electron chi connectivity index (χ3n) is 5.82. The van der Waals surface area contributed by atoms with Crippen LogP contribution in [0, 0.1) is 5.41 Å². The second-order valence-electron chi connectivity index (χ2n) is 8.73. The van der Waals surface area contributed by atoms with Crippen molar-refractivity contribution in [2.24, 2.45) is 5.41 Å². The summed E-state index contributed by atoms with van der Waals surface area (Å²) in [6.07, 6.45) is 0. The third-order valence-corrected chi connectivity index (χ3v) is 6.82. The highest BCUT2D eigenvalue weighted by Crippen LogP contribution is 2.50. The van der Waals surface area contributed by atoms with E-state index in [4.69, 9.17) is 4.74 Å². The van der Waals surface area contributed by atoms with E-state index in [0.29, 0.717) is 16.9 Å². The van der Waals surface area contributed by atoms with Gasteiger partial charge in [-0.3, -0.25) is 4.79 Å². The Morgan fingerprint density at radius 3 is 2.45 bits per heavy atom. The number of ketones is 1. The van der Waals surface area contributed by atoms with Gasteiger partial charge in [0.2, 0.25) is 5.78 Å². The minimum absolute atomic E-state index is 0.0261. The van der Waals surface area contributed by atoms with Gasteiger partial charge in [0, 0.05) is 22.4 Å². The van der Waals surface area contributed by atoms with E-state index in [1.54, 1.807) is 19.2 Å². The monoisotopic (exact) mass is 436 g/mol. The van der Waals surface area contributed by atoms with E-state index in [1.807, 2.05) is 61.7 Å². The van der Waals surface area contributed by atoms with Gasteiger partial charge in [0.1, 0.15) is 17.0 Å². The Morgan fingerprint density at radius 1 is 1.10 bits per heavy atom. The van der Waals surface area contributed by atoms with Crippen LogP contribution in [0.5, 0.6) is 5.75 Å². The van der Waals surface area contributed by atoms with Gasteiger partial charge in [-0.25, -0.2) is 9.28 Å². The molecule has 0 fully saturated rings. The molecule has 0 radical (unpaired) electrons. The first-order valence-electron chi connectivity index (χ1n) is 10.2. The fourth-order valence-electron chi connectivity index (χ4n) is 4.37. The predicted octanol–water partition coefficient (Wildman–Crippen LogP) is 4.79. The van der Waals surface area contributed by atoms with E-state index in [9.17, 15) is 14.7 Å². The Bertz CT molecular complexity index is 1140. The number of aliphatic hydroxyl groups is 1. The highest BCUT2D eigenvalue weighted by molar-refractivity contribution is 7.14. The van der Waals surface area contributed by atoms with E-state index in [1.165, 1.54) is 11.3 Å². The minimum Gasteiger partial charge on any atom is -0.495 e. The molecule has 1 aromatic heterocycles. The number of Topliss-reactive ketones (excluding diaryl/α,β-unsaturated/α-hetero) is 1. The number of ether oxygens (including phenoxy) is 1. The molecular formula is C25H26NO4S+. The summed E-state index contributed by atoms with van der Waals surface area (Å²) in [4.78, 5) is 28.4. The smallest absolute Gasteiger partial charge is 0.356 e. The lowest BCUT2D eigenvalue weighted by Crippen LogP contribution is -2.62. The summed E-state index contributed by atoms with van der Waals surface area (Å²) in [7, 11) is 1.55. The highest BCUT2D eigenvalue weighted by atomic mass is 32.1. The zero-order chi connectivity index (χ0) is 22.2. The van der Waals surface area contributed by atoms with Crippen molar-refractivity contribution in [1.82, 2.24) is 4.48 Å². The van der Waals surface area contributed by atoms with E-state index in [-0.39, 0.29) is 35.9 Å². The number of thiophene rings is 1. The maximum Gasteiger partial charge on any atom is 0.356 e. The van der Waals surface area contributed by atoms with Crippen molar-refractivity contribution < 1.29 is 19.4 Å². The molecule has 6 heteroatoms. The molecule has 0 bridgehead atoms. The molecule has 5 nitrogen and oxygen atoms in total. The van der Waals surface area contributed by atoms with Crippen LogP contribution in [-0.2, 0) is 0 Å². The van der Waals surface area contributed by atoms with Crippen molar-refractivity contribution >= 4 is 28.7 Å².